The summed E-state index contributed by atoms with van der Waals surface area (Å²) in [5.74, 6) is 0. The van der Waals surface area contributed by atoms with Gasteiger partial charge in [0.1, 0.15) is 0 Å². The molecule has 0 aromatic carbocycles. The van der Waals surface area contributed by atoms with Gasteiger partial charge in [0.2, 0.25) is 0 Å². The van der Waals surface area contributed by atoms with Gasteiger partial charge in [-0.05, 0) is 38.5 Å². The number of ether oxygens (including phenoxy) is 1. The van der Waals surface area contributed by atoms with Gasteiger partial charge in [-0.25, -0.2) is 0 Å². The van der Waals surface area contributed by atoms with Crippen LogP contribution in [0.1, 0.15) is 64.2 Å². The first kappa shape index (κ1) is 13.2. The summed E-state index contributed by atoms with van der Waals surface area (Å²) in [6.07, 6.45) is 13.3. The van der Waals surface area contributed by atoms with Gasteiger partial charge >= 0.3 is 0 Å². The molecule has 1 heterocycles. The number of rotatable bonds is 3. The van der Waals surface area contributed by atoms with Gasteiger partial charge in [0.25, 0.3) is 0 Å². The summed E-state index contributed by atoms with van der Waals surface area (Å²) in [5, 5.41) is 4.00. The molecule has 1 saturated heterocycles. The molecular formula is C15H26ClNO. The number of halogens is 1. The minimum atomic E-state index is 0.277. The molecule has 2 aliphatic carbocycles. The largest absolute Gasteiger partial charge is 0.370 e. The van der Waals surface area contributed by atoms with Crippen LogP contribution in [0.5, 0.6) is 0 Å². The smallest absolute Gasteiger partial charge is 0.0708 e. The Morgan fingerprint density at radius 2 is 1.78 bits per heavy atom. The first-order chi connectivity index (χ1) is 8.77. The van der Waals surface area contributed by atoms with Crippen molar-refractivity contribution in [2.24, 2.45) is 0 Å². The summed E-state index contributed by atoms with van der Waals surface area (Å²) in [6.45, 7) is 1.01. The molecule has 2 nitrogen and oxygen atoms in total. The molecule has 3 rings (SSSR count). The van der Waals surface area contributed by atoms with Gasteiger partial charge in [0, 0.05) is 18.0 Å². The predicted molar refractivity (Wildman–Crippen MR) is 75.2 cm³/mol. The maximum Gasteiger partial charge on any atom is 0.0708 e. The van der Waals surface area contributed by atoms with Gasteiger partial charge in [0.05, 0.1) is 11.7 Å². The van der Waals surface area contributed by atoms with Crippen LogP contribution in [0.4, 0.5) is 0 Å². The molecule has 2 saturated carbocycles. The lowest BCUT2D eigenvalue weighted by Gasteiger charge is -2.30. The molecule has 3 aliphatic rings. The average Bonchev–Trinajstić information content (AvgIpc) is 3.00. The van der Waals surface area contributed by atoms with E-state index < -0.39 is 0 Å². The zero-order valence-electron chi connectivity index (χ0n) is 11.3. The van der Waals surface area contributed by atoms with E-state index in [-0.39, 0.29) is 5.60 Å². The molecule has 18 heavy (non-hydrogen) atoms. The van der Waals surface area contributed by atoms with Gasteiger partial charge in [0.15, 0.2) is 0 Å². The van der Waals surface area contributed by atoms with Crippen LogP contribution in [-0.4, -0.2) is 29.7 Å². The summed E-state index contributed by atoms with van der Waals surface area (Å²) < 4.78 is 6.33. The Labute approximate surface area is 116 Å². The van der Waals surface area contributed by atoms with Crippen LogP contribution in [0, 0.1) is 0 Å². The first-order valence-electron chi connectivity index (χ1n) is 7.83. The highest BCUT2D eigenvalue weighted by atomic mass is 35.5. The van der Waals surface area contributed by atoms with Crippen molar-refractivity contribution in [3.05, 3.63) is 0 Å². The van der Waals surface area contributed by atoms with E-state index in [1.807, 2.05) is 0 Å². The quantitative estimate of drug-likeness (QED) is 0.792. The molecule has 0 aromatic heterocycles. The van der Waals surface area contributed by atoms with Crippen molar-refractivity contribution < 1.29 is 4.74 Å². The zero-order chi connectivity index (χ0) is 12.4. The standard InChI is InChI=1S/C15H26ClNO/c16-13-5-1-2-6-14(13)17-11-12-7-10-15(18-12)8-3-4-9-15/h12-14,17H,1-11H2. The van der Waals surface area contributed by atoms with Crippen molar-refractivity contribution in [2.75, 3.05) is 6.54 Å². The van der Waals surface area contributed by atoms with Crippen LogP contribution >= 0.6 is 11.6 Å². The number of alkyl halides is 1. The highest BCUT2D eigenvalue weighted by molar-refractivity contribution is 6.21. The Kier molecular flexibility index (Phi) is 4.17. The third kappa shape index (κ3) is 2.86. The third-order valence-corrected chi connectivity index (χ3v) is 5.67. The normalized spacial score (nSPS) is 39.5. The molecular weight excluding hydrogens is 246 g/mol. The van der Waals surface area contributed by atoms with Crippen LogP contribution < -0.4 is 5.32 Å². The minimum Gasteiger partial charge on any atom is -0.370 e. The first-order valence-corrected chi connectivity index (χ1v) is 8.26. The molecule has 0 amide bonds. The molecule has 3 unspecified atom stereocenters. The van der Waals surface area contributed by atoms with E-state index >= 15 is 0 Å². The Hall–Kier alpha value is 0.210. The molecule has 0 aromatic rings. The van der Waals surface area contributed by atoms with Crippen LogP contribution in [-0.2, 0) is 4.74 Å². The van der Waals surface area contributed by atoms with Crippen molar-refractivity contribution in [3.63, 3.8) is 0 Å². The topological polar surface area (TPSA) is 21.3 Å². The second-order valence-electron chi connectivity index (χ2n) is 6.48. The summed E-state index contributed by atoms with van der Waals surface area (Å²) in [4.78, 5) is 0. The summed E-state index contributed by atoms with van der Waals surface area (Å²) in [7, 11) is 0. The van der Waals surface area contributed by atoms with Crippen molar-refractivity contribution in [3.8, 4) is 0 Å². The second-order valence-corrected chi connectivity index (χ2v) is 7.04. The molecule has 1 N–H and O–H groups in total. The lowest BCUT2D eigenvalue weighted by molar-refractivity contribution is -0.0361. The van der Waals surface area contributed by atoms with Crippen LogP contribution in [0.2, 0.25) is 0 Å². The number of hydrogen-bond donors (Lipinski definition) is 1. The molecule has 0 bridgehead atoms. The Balaban J connectivity index is 1.44. The van der Waals surface area contributed by atoms with Crippen LogP contribution in [0.3, 0.4) is 0 Å². The highest BCUT2D eigenvalue weighted by Gasteiger charge is 2.42. The highest BCUT2D eigenvalue weighted by Crippen LogP contribution is 2.43. The fourth-order valence-corrected chi connectivity index (χ4v) is 4.39. The average molecular weight is 272 g/mol. The zero-order valence-corrected chi connectivity index (χ0v) is 12.1. The van der Waals surface area contributed by atoms with E-state index in [1.165, 1.54) is 64.2 Å². The Morgan fingerprint density at radius 3 is 2.56 bits per heavy atom. The molecule has 3 atom stereocenters. The maximum atomic E-state index is 6.39. The van der Waals surface area contributed by atoms with E-state index in [2.05, 4.69) is 5.32 Å². The monoisotopic (exact) mass is 271 g/mol. The summed E-state index contributed by atoms with van der Waals surface area (Å²) in [5.41, 5.74) is 0.277. The second kappa shape index (κ2) is 5.68. The van der Waals surface area contributed by atoms with Crippen molar-refractivity contribution in [2.45, 2.75) is 87.3 Å². The number of hydrogen-bond acceptors (Lipinski definition) is 2. The van der Waals surface area contributed by atoms with E-state index in [9.17, 15) is 0 Å². The van der Waals surface area contributed by atoms with E-state index in [0.717, 1.165) is 6.54 Å². The fourth-order valence-electron chi connectivity index (χ4n) is 4.02. The van der Waals surface area contributed by atoms with Crippen molar-refractivity contribution in [1.29, 1.82) is 0 Å². The molecule has 1 aliphatic heterocycles. The molecule has 3 heteroatoms. The summed E-state index contributed by atoms with van der Waals surface area (Å²) >= 11 is 6.39. The van der Waals surface area contributed by atoms with Crippen LogP contribution in [0.15, 0.2) is 0 Å². The van der Waals surface area contributed by atoms with E-state index in [0.29, 0.717) is 17.5 Å². The van der Waals surface area contributed by atoms with Gasteiger partial charge in [-0.15, -0.1) is 11.6 Å². The van der Waals surface area contributed by atoms with Gasteiger partial charge in [-0.3, -0.25) is 0 Å². The van der Waals surface area contributed by atoms with Crippen molar-refractivity contribution >= 4 is 11.6 Å². The molecule has 0 radical (unpaired) electrons. The van der Waals surface area contributed by atoms with Crippen LogP contribution in [0.25, 0.3) is 0 Å². The van der Waals surface area contributed by atoms with Crippen molar-refractivity contribution in [1.82, 2.24) is 5.32 Å². The van der Waals surface area contributed by atoms with E-state index in [1.54, 1.807) is 0 Å². The van der Waals surface area contributed by atoms with Gasteiger partial charge < -0.3 is 10.1 Å². The maximum absolute atomic E-state index is 6.39. The minimum absolute atomic E-state index is 0.277. The lowest BCUT2D eigenvalue weighted by Crippen LogP contribution is -2.43. The van der Waals surface area contributed by atoms with Gasteiger partial charge in [-0.2, -0.15) is 0 Å². The third-order valence-electron chi connectivity index (χ3n) is 5.14. The molecule has 104 valence electrons. The SMILES string of the molecule is ClC1CCCCC1NCC1CCC2(CCCC2)O1. The predicted octanol–water partition coefficient (Wildman–Crippen LogP) is 3.62. The molecule has 3 fully saturated rings. The fraction of sp³-hybridized carbons (Fsp3) is 1.00. The Morgan fingerprint density at radius 1 is 1.00 bits per heavy atom. The Bertz CT molecular complexity index is 278. The summed E-state index contributed by atoms with van der Waals surface area (Å²) in [6, 6.07) is 0.518. The lowest BCUT2D eigenvalue weighted by atomic mass is 9.94. The molecule has 1 spiro atoms. The van der Waals surface area contributed by atoms with E-state index in [4.69, 9.17) is 16.3 Å². The van der Waals surface area contributed by atoms with Gasteiger partial charge in [-0.1, -0.05) is 25.7 Å². The number of nitrogens with one attached hydrogen (secondary N) is 1.